The van der Waals surface area contributed by atoms with Gasteiger partial charge in [0.15, 0.2) is 0 Å². The van der Waals surface area contributed by atoms with Crippen LogP contribution in [0.25, 0.3) is 5.69 Å². The Hall–Kier alpha value is -1.66. The molecular weight excluding hydrogens is 265 g/mol. The molecule has 1 aliphatic heterocycles. The molecule has 1 fully saturated rings. The third-order valence-electron chi connectivity index (χ3n) is 4.37. The van der Waals surface area contributed by atoms with Gasteiger partial charge in [0, 0.05) is 12.4 Å². The molecule has 2 aromatic heterocycles. The van der Waals surface area contributed by atoms with Crippen molar-refractivity contribution in [1.82, 2.24) is 14.5 Å². The summed E-state index contributed by atoms with van der Waals surface area (Å²) in [5.74, 6) is 0.931. The lowest BCUT2D eigenvalue weighted by molar-refractivity contribution is 0.00578. The molecule has 21 heavy (non-hydrogen) atoms. The molecule has 0 aliphatic carbocycles. The summed E-state index contributed by atoms with van der Waals surface area (Å²) in [5.41, 5.74) is 1.07. The van der Waals surface area contributed by atoms with Crippen molar-refractivity contribution in [1.29, 1.82) is 0 Å². The van der Waals surface area contributed by atoms with E-state index in [1.807, 2.05) is 63.7 Å². The van der Waals surface area contributed by atoms with Crippen molar-refractivity contribution in [2.75, 3.05) is 0 Å². The number of hydrogen-bond donors (Lipinski definition) is 0. The van der Waals surface area contributed by atoms with Crippen molar-refractivity contribution in [2.24, 2.45) is 0 Å². The second-order valence-corrected chi connectivity index (χ2v) is 6.37. The summed E-state index contributed by atoms with van der Waals surface area (Å²) in [6, 6.07) is 3.94. The number of hydrogen-bond acceptors (Lipinski definition) is 4. The minimum Gasteiger partial charge on any atom is -0.398 e. The van der Waals surface area contributed by atoms with Crippen LogP contribution in [0, 0.1) is 6.92 Å². The minimum atomic E-state index is -0.423. The van der Waals surface area contributed by atoms with Crippen molar-refractivity contribution < 1.29 is 9.31 Å². The van der Waals surface area contributed by atoms with Crippen LogP contribution >= 0.6 is 0 Å². The first-order valence-electron chi connectivity index (χ1n) is 7.12. The summed E-state index contributed by atoms with van der Waals surface area (Å²) < 4.78 is 14.0. The van der Waals surface area contributed by atoms with Crippen molar-refractivity contribution >= 4 is 12.7 Å². The fraction of sp³-hybridized carbons (Fsp3) is 0.467. The van der Waals surface area contributed by atoms with Gasteiger partial charge < -0.3 is 13.9 Å². The van der Waals surface area contributed by atoms with Crippen molar-refractivity contribution in [2.45, 2.75) is 45.8 Å². The number of aromatic nitrogens is 3. The summed E-state index contributed by atoms with van der Waals surface area (Å²) in [4.78, 5) is 8.71. The van der Waals surface area contributed by atoms with Crippen LogP contribution in [-0.4, -0.2) is 32.9 Å². The molecular formula is C15H20BN3O2. The molecule has 110 valence electrons. The van der Waals surface area contributed by atoms with Crippen LogP contribution in [0.1, 0.15) is 33.5 Å². The van der Waals surface area contributed by atoms with Gasteiger partial charge in [-0.15, -0.1) is 0 Å². The van der Waals surface area contributed by atoms with E-state index in [9.17, 15) is 0 Å². The van der Waals surface area contributed by atoms with E-state index in [4.69, 9.17) is 9.31 Å². The Morgan fingerprint density at radius 2 is 1.71 bits per heavy atom. The zero-order valence-electron chi connectivity index (χ0n) is 13.1. The molecule has 2 aromatic rings. The Bertz CT molecular complexity index is 633. The molecule has 1 saturated heterocycles. The average Bonchev–Trinajstić information content (AvgIpc) is 2.92. The van der Waals surface area contributed by atoms with E-state index < -0.39 is 7.12 Å². The number of pyridine rings is 1. The fourth-order valence-corrected chi connectivity index (χ4v) is 2.29. The van der Waals surface area contributed by atoms with Gasteiger partial charge in [-0.2, -0.15) is 0 Å². The zero-order chi connectivity index (χ0) is 15.3. The monoisotopic (exact) mass is 285 g/mol. The minimum absolute atomic E-state index is 0.348. The molecule has 0 atom stereocenters. The van der Waals surface area contributed by atoms with Gasteiger partial charge in [-0.05, 0) is 46.8 Å². The molecule has 0 amide bonds. The van der Waals surface area contributed by atoms with E-state index in [2.05, 4.69) is 9.97 Å². The third kappa shape index (κ3) is 2.38. The van der Waals surface area contributed by atoms with Gasteiger partial charge in [0.2, 0.25) is 0 Å². The normalized spacial score (nSPS) is 20.0. The number of imidazole rings is 1. The van der Waals surface area contributed by atoms with Crippen LogP contribution in [0.3, 0.4) is 0 Å². The van der Waals surface area contributed by atoms with E-state index in [1.165, 1.54) is 0 Å². The predicted octanol–water partition coefficient (Wildman–Crippen LogP) is 1.87. The SMILES string of the molecule is Cc1nccn1-c1ccc(B2OC(C)(C)C(C)(C)O2)nc1. The van der Waals surface area contributed by atoms with Crippen molar-refractivity contribution in [3.8, 4) is 5.69 Å². The molecule has 0 radical (unpaired) electrons. The Morgan fingerprint density at radius 3 is 2.19 bits per heavy atom. The second-order valence-electron chi connectivity index (χ2n) is 6.37. The van der Waals surface area contributed by atoms with Gasteiger partial charge in [-0.25, -0.2) is 4.98 Å². The Morgan fingerprint density at radius 1 is 1.05 bits per heavy atom. The molecule has 0 bridgehead atoms. The van der Waals surface area contributed by atoms with E-state index in [-0.39, 0.29) is 11.2 Å². The predicted molar refractivity (Wildman–Crippen MR) is 81.8 cm³/mol. The molecule has 0 spiro atoms. The number of rotatable bonds is 2. The standard InChI is InChI=1S/C15H20BN3O2/c1-11-17-8-9-19(11)12-6-7-13(18-10-12)16-20-14(2,3)15(4,5)21-16/h6-10H,1-5H3. The van der Waals surface area contributed by atoms with Crippen molar-refractivity contribution in [3.05, 3.63) is 36.5 Å². The highest BCUT2D eigenvalue weighted by atomic mass is 16.7. The van der Waals surface area contributed by atoms with Gasteiger partial charge in [0.1, 0.15) is 5.82 Å². The molecule has 1 aliphatic rings. The molecule has 3 rings (SSSR count). The summed E-state index contributed by atoms with van der Waals surface area (Å²) in [6.07, 6.45) is 5.51. The first-order valence-corrected chi connectivity index (χ1v) is 7.12. The topological polar surface area (TPSA) is 49.2 Å². The highest BCUT2D eigenvalue weighted by Gasteiger charge is 2.52. The van der Waals surface area contributed by atoms with Gasteiger partial charge in [0.25, 0.3) is 0 Å². The molecule has 5 nitrogen and oxygen atoms in total. The van der Waals surface area contributed by atoms with Gasteiger partial charge in [-0.3, -0.25) is 4.98 Å². The van der Waals surface area contributed by atoms with E-state index >= 15 is 0 Å². The Kier molecular flexibility index (Phi) is 3.18. The fourth-order valence-electron chi connectivity index (χ4n) is 2.29. The molecule has 0 saturated carbocycles. The number of nitrogens with zero attached hydrogens (tertiary/aromatic N) is 3. The average molecular weight is 285 g/mol. The zero-order valence-corrected chi connectivity index (χ0v) is 13.1. The summed E-state index contributed by atoms with van der Waals surface area (Å²) in [5, 5.41) is 0. The quantitative estimate of drug-likeness (QED) is 0.790. The lowest BCUT2D eigenvalue weighted by atomic mass is 9.84. The van der Waals surface area contributed by atoms with Crippen LogP contribution in [0.4, 0.5) is 0 Å². The molecule has 3 heterocycles. The maximum Gasteiger partial charge on any atom is 0.514 e. The van der Waals surface area contributed by atoms with E-state index in [1.54, 1.807) is 6.20 Å². The van der Waals surface area contributed by atoms with E-state index in [0.717, 1.165) is 17.1 Å². The van der Waals surface area contributed by atoms with Crippen LogP contribution in [0.2, 0.25) is 0 Å². The first kappa shape index (κ1) is 14.3. The maximum absolute atomic E-state index is 6.00. The highest BCUT2D eigenvalue weighted by Crippen LogP contribution is 2.36. The maximum atomic E-state index is 6.00. The second kappa shape index (κ2) is 4.68. The Balaban J connectivity index is 1.85. The number of aryl methyl sites for hydroxylation is 1. The summed E-state index contributed by atoms with van der Waals surface area (Å²) >= 11 is 0. The summed E-state index contributed by atoms with van der Waals surface area (Å²) in [6.45, 7) is 10.1. The van der Waals surface area contributed by atoms with Gasteiger partial charge >= 0.3 is 7.12 Å². The van der Waals surface area contributed by atoms with Crippen LogP contribution in [-0.2, 0) is 9.31 Å². The lowest BCUT2D eigenvalue weighted by Crippen LogP contribution is -2.41. The van der Waals surface area contributed by atoms with Gasteiger partial charge in [0.05, 0.1) is 28.7 Å². The smallest absolute Gasteiger partial charge is 0.398 e. The first-order chi connectivity index (χ1) is 9.80. The van der Waals surface area contributed by atoms with Crippen LogP contribution in [0.5, 0.6) is 0 Å². The molecule has 0 aromatic carbocycles. The largest absolute Gasteiger partial charge is 0.514 e. The Labute approximate surface area is 125 Å². The van der Waals surface area contributed by atoms with Crippen LogP contribution < -0.4 is 5.59 Å². The lowest BCUT2D eigenvalue weighted by Gasteiger charge is -2.32. The van der Waals surface area contributed by atoms with Crippen molar-refractivity contribution in [3.63, 3.8) is 0 Å². The molecule has 0 unspecified atom stereocenters. The summed E-state index contributed by atoms with van der Waals surface area (Å²) in [7, 11) is -0.423. The highest BCUT2D eigenvalue weighted by molar-refractivity contribution is 6.61. The molecule has 6 heteroatoms. The van der Waals surface area contributed by atoms with Crippen LogP contribution in [0.15, 0.2) is 30.7 Å². The van der Waals surface area contributed by atoms with E-state index in [0.29, 0.717) is 0 Å². The molecule has 0 N–H and O–H groups in total. The van der Waals surface area contributed by atoms with Gasteiger partial charge in [-0.1, -0.05) is 0 Å². The third-order valence-corrected chi connectivity index (χ3v) is 4.37.